The lowest BCUT2D eigenvalue weighted by atomic mass is 10.2. The third kappa shape index (κ3) is 3.89. The number of nitrogens with one attached hydrogen (secondary N) is 1. The molecule has 0 aliphatic rings. The number of hydrogen-bond acceptors (Lipinski definition) is 7. The van der Waals surface area contributed by atoms with Crippen LogP contribution in [0.4, 0.5) is 11.4 Å². The van der Waals surface area contributed by atoms with Crippen molar-refractivity contribution in [3.8, 4) is 0 Å². The van der Waals surface area contributed by atoms with Gasteiger partial charge in [-0.05, 0) is 12.1 Å². The molecule has 9 heteroatoms. The number of anilines is 1. The number of hydrogen-bond donors (Lipinski definition) is 2. The van der Waals surface area contributed by atoms with Gasteiger partial charge in [-0.25, -0.2) is 8.42 Å². The van der Waals surface area contributed by atoms with Gasteiger partial charge in [0.1, 0.15) is 10.6 Å². The molecular weight excluding hydrogens is 288 g/mol. The molecule has 1 aromatic carbocycles. The summed E-state index contributed by atoms with van der Waals surface area (Å²) in [5, 5.41) is 23.0. The second-order valence-corrected chi connectivity index (χ2v) is 6.14. The van der Waals surface area contributed by atoms with E-state index in [1.54, 1.807) is 0 Å². The Kier molecular flexibility index (Phi) is 5.43. The van der Waals surface area contributed by atoms with Crippen molar-refractivity contribution in [2.24, 2.45) is 0 Å². The van der Waals surface area contributed by atoms with E-state index >= 15 is 0 Å². The number of methoxy groups -OCH3 is 1. The molecule has 0 aromatic heterocycles. The Morgan fingerprint density at radius 1 is 1.50 bits per heavy atom. The Morgan fingerprint density at radius 2 is 2.15 bits per heavy atom. The van der Waals surface area contributed by atoms with Crippen LogP contribution in [0.2, 0.25) is 0 Å². The van der Waals surface area contributed by atoms with Gasteiger partial charge in [-0.15, -0.1) is 0 Å². The van der Waals surface area contributed by atoms with E-state index < -0.39 is 26.5 Å². The molecule has 0 saturated carbocycles. The molecule has 8 nitrogen and oxygen atoms in total. The van der Waals surface area contributed by atoms with Gasteiger partial charge in [-0.2, -0.15) is 0 Å². The summed E-state index contributed by atoms with van der Waals surface area (Å²) in [6, 6.07) is 3.37. The Bertz CT molecular complexity index is 587. The zero-order valence-corrected chi connectivity index (χ0v) is 11.9. The van der Waals surface area contributed by atoms with Crippen molar-refractivity contribution in [2.75, 3.05) is 31.9 Å². The summed E-state index contributed by atoms with van der Waals surface area (Å²) in [7, 11) is -2.31. The number of aliphatic hydroxyl groups is 1. The number of aliphatic hydroxyl groups excluding tert-OH is 1. The van der Waals surface area contributed by atoms with E-state index in [0.717, 1.165) is 6.26 Å². The first-order valence-electron chi connectivity index (χ1n) is 5.65. The van der Waals surface area contributed by atoms with Gasteiger partial charge in [-0.3, -0.25) is 10.1 Å². The molecule has 0 fully saturated rings. The molecule has 0 aliphatic carbocycles. The summed E-state index contributed by atoms with van der Waals surface area (Å²) in [5.74, 6) is 0. The summed E-state index contributed by atoms with van der Waals surface area (Å²) in [5.41, 5.74) is -0.515. The number of benzene rings is 1. The number of nitro benzene ring substituents is 1. The van der Waals surface area contributed by atoms with Gasteiger partial charge in [0, 0.05) is 13.4 Å². The van der Waals surface area contributed by atoms with Crippen LogP contribution in [0.25, 0.3) is 0 Å². The number of nitrogens with zero attached hydrogens (tertiary/aromatic N) is 1. The number of nitro groups is 1. The molecule has 0 aliphatic heterocycles. The fraction of sp³-hybridized carbons (Fsp3) is 0.455. The van der Waals surface area contributed by atoms with Gasteiger partial charge in [0.25, 0.3) is 0 Å². The zero-order chi connectivity index (χ0) is 15.3. The van der Waals surface area contributed by atoms with Crippen molar-refractivity contribution in [3.05, 3.63) is 28.3 Å². The number of ether oxygens (including phenoxy) is 1. The van der Waals surface area contributed by atoms with Gasteiger partial charge < -0.3 is 15.2 Å². The van der Waals surface area contributed by atoms with Crippen molar-refractivity contribution >= 4 is 21.2 Å². The molecule has 112 valence electrons. The molecule has 1 unspecified atom stereocenters. The minimum Gasteiger partial charge on any atom is -0.394 e. The van der Waals surface area contributed by atoms with Gasteiger partial charge in [0.05, 0.1) is 24.2 Å². The number of rotatable bonds is 7. The fourth-order valence-corrected chi connectivity index (χ4v) is 2.55. The molecule has 0 saturated heterocycles. The molecule has 1 aromatic rings. The molecular formula is C11H16N2O6S. The maximum atomic E-state index is 11.6. The van der Waals surface area contributed by atoms with E-state index in [1.807, 2.05) is 0 Å². The lowest BCUT2D eigenvalue weighted by Crippen LogP contribution is -2.29. The molecule has 2 N–H and O–H groups in total. The van der Waals surface area contributed by atoms with Crippen molar-refractivity contribution in [3.63, 3.8) is 0 Å². The van der Waals surface area contributed by atoms with Crippen LogP contribution >= 0.6 is 0 Å². The molecule has 0 amide bonds. The van der Waals surface area contributed by atoms with Crippen LogP contribution in [0.5, 0.6) is 0 Å². The Balaban J connectivity index is 3.30. The van der Waals surface area contributed by atoms with Gasteiger partial charge in [0.2, 0.25) is 0 Å². The summed E-state index contributed by atoms with van der Waals surface area (Å²) < 4.78 is 28.0. The first-order chi connectivity index (χ1) is 9.31. The van der Waals surface area contributed by atoms with Gasteiger partial charge >= 0.3 is 5.69 Å². The first-order valence-corrected chi connectivity index (χ1v) is 7.54. The maximum absolute atomic E-state index is 11.6. The molecule has 1 atom stereocenters. The molecule has 20 heavy (non-hydrogen) atoms. The van der Waals surface area contributed by atoms with E-state index in [9.17, 15) is 18.5 Å². The highest BCUT2D eigenvalue weighted by molar-refractivity contribution is 7.90. The maximum Gasteiger partial charge on any atom is 0.310 e. The molecule has 0 radical (unpaired) electrons. The Labute approximate surface area is 116 Å². The standard InChI is InChI=1S/C11H16N2O6S/c1-19-7-8(6-14)12-9-4-3-5-10(20(2,17)18)11(9)13(15)16/h3-5,8,12,14H,6-7H2,1-2H3. The van der Waals surface area contributed by atoms with Crippen LogP contribution < -0.4 is 5.32 Å². The summed E-state index contributed by atoms with van der Waals surface area (Å²) >= 11 is 0. The normalized spacial score (nSPS) is 12.9. The highest BCUT2D eigenvalue weighted by Gasteiger charge is 2.27. The molecule has 0 heterocycles. The zero-order valence-electron chi connectivity index (χ0n) is 11.1. The number of sulfone groups is 1. The Morgan fingerprint density at radius 3 is 2.60 bits per heavy atom. The van der Waals surface area contributed by atoms with E-state index in [-0.39, 0.29) is 23.8 Å². The predicted molar refractivity (Wildman–Crippen MR) is 72.6 cm³/mol. The van der Waals surface area contributed by atoms with E-state index in [0.29, 0.717) is 0 Å². The van der Waals surface area contributed by atoms with E-state index in [2.05, 4.69) is 5.32 Å². The first kappa shape index (κ1) is 16.3. The third-order valence-corrected chi connectivity index (χ3v) is 3.66. The van der Waals surface area contributed by atoms with Crippen LogP contribution in [-0.2, 0) is 14.6 Å². The summed E-state index contributed by atoms with van der Waals surface area (Å²) in [4.78, 5) is 9.99. The Hall–Kier alpha value is -1.71. The second-order valence-electron chi connectivity index (χ2n) is 4.16. The van der Waals surface area contributed by atoms with Crippen molar-refractivity contribution in [1.29, 1.82) is 0 Å². The summed E-state index contributed by atoms with van der Waals surface area (Å²) in [6.07, 6.45) is 0.901. The lowest BCUT2D eigenvalue weighted by Gasteiger charge is -2.17. The van der Waals surface area contributed by atoms with Crippen molar-refractivity contribution < 1.29 is 23.2 Å². The van der Waals surface area contributed by atoms with Crippen LogP contribution in [0.1, 0.15) is 0 Å². The highest BCUT2D eigenvalue weighted by atomic mass is 32.2. The quantitative estimate of drug-likeness (QED) is 0.553. The third-order valence-electron chi connectivity index (χ3n) is 2.53. The monoisotopic (exact) mass is 304 g/mol. The van der Waals surface area contributed by atoms with E-state index in [1.165, 1.54) is 25.3 Å². The minimum atomic E-state index is -3.73. The SMILES string of the molecule is COCC(CO)Nc1cccc(S(C)(=O)=O)c1[N+](=O)[O-]. The van der Waals surface area contributed by atoms with Gasteiger partial charge in [-0.1, -0.05) is 6.07 Å². The van der Waals surface area contributed by atoms with Crippen molar-refractivity contribution in [1.82, 2.24) is 0 Å². The van der Waals surface area contributed by atoms with Crippen molar-refractivity contribution in [2.45, 2.75) is 10.9 Å². The lowest BCUT2D eigenvalue weighted by molar-refractivity contribution is -0.386. The topological polar surface area (TPSA) is 119 Å². The predicted octanol–water partition coefficient (Wildman–Crippen LogP) is 0.418. The van der Waals surface area contributed by atoms with Crippen LogP contribution in [0.3, 0.4) is 0 Å². The number of para-hydroxylation sites is 1. The van der Waals surface area contributed by atoms with Crippen LogP contribution in [0, 0.1) is 10.1 Å². The molecule has 0 spiro atoms. The fourth-order valence-electron chi connectivity index (χ4n) is 1.69. The molecule has 0 bridgehead atoms. The van der Waals surface area contributed by atoms with Crippen LogP contribution in [0.15, 0.2) is 23.1 Å². The summed E-state index contributed by atoms with van der Waals surface area (Å²) in [6.45, 7) is -0.190. The average Bonchev–Trinajstić information content (AvgIpc) is 2.36. The second kappa shape index (κ2) is 6.64. The van der Waals surface area contributed by atoms with E-state index in [4.69, 9.17) is 9.84 Å². The minimum absolute atomic E-state index is 0.0222. The van der Waals surface area contributed by atoms with Crippen LogP contribution in [-0.4, -0.2) is 51.1 Å². The molecule has 1 rings (SSSR count). The largest absolute Gasteiger partial charge is 0.394 e. The highest BCUT2D eigenvalue weighted by Crippen LogP contribution is 2.32. The smallest absolute Gasteiger partial charge is 0.310 e. The average molecular weight is 304 g/mol. The van der Waals surface area contributed by atoms with Gasteiger partial charge in [0.15, 0.2) is 9.84 Å².